The van der Waals surface area contributed by atoms with E-state index in [4.69, 9.17) is 11.6 Å². The first kappa shape index (κ1) is 14.7. The number of nitrogens with zero attached hydrogens (tertiary/aromatic N) is 3. The van der Waals surface area contributed by atoms with Gasteiger partial charge >= 0.3 is 12.0 Å². The lowest BCUT2D eigenvalue weighted by Gasteiger charge is -2.06. The summed E-state index contributed by atoms with van der Waals surface area (Å²) in [6.45, 7) is -1.25. The summed E-state index contributed by atoms with van der Waals surface area (Å²) >= 11 is 5.53. The number of aromatic nitrogens is 2. The van der Waals surface area contributed by atoms with Crippen LogP contribution in [-0.4, -0.2) is 34.1 Å². The molecule has 10 heteroatoms. The Hall–Kier alpha value is -1.35. The van der Waals surface area contributed by atoms with Crippen molar-refractivity contribution in [2.75, 3.05) is 13.2 Å². The van der Waals surface area contributed by atoms with E-state index >= 15 is 0 Å². The molecule has 1 aromatic rings. The molecular weight excluding hydrogens is 279 g/mol. The maximum atomic E-state index is 11.7. The number of alkyl halides is 3. The van der Waals surface area contributed by atoms with Gasteiger partial charge in [0.15, 0.2) is 5.02 Å². The maximum absolute atomic E-state index is 11.7. The van der Waals surface area contributed by atoms with Crippen LogP contribution in [0.25, 0.3) is 0 Å². The largest absolute Gasteiger partial charge is 0.411 e. The van der Waals surface area contributed by atoms with E-state index in [1.165, 1.54) is 10.9 Å². The van der Waals surface area contributed by atoms with Gasteiger partial charge in [0, 0.05) is 6.61 Å². The van der Waals surface area contributed by atoms with Crippen molar-refractivity contribution in [3.05, 3.63) is 21.3 Å². The minimum Gasteiger partial charge on any atom is -0.372 e. The fraction of sp³-hybridized carbons (Fsp3) is 0.625. The molecule has 0 aliphatic heterocycles. The van der Waals surface area contributed by atoms with Gasteiger partial charge in [-0.1, -0.05) is 11.6 Å². The minimum atomic E-state index is -4.35. The van der Waals surface area contributed by atoms with Crippen molar-refractivity contribution in [3.63, 3.8) is 0 Å². The Bertz CT molecular complexity index is 421. The molecule has 0 spiro atoms. The number of aryl methyl sites for hydroxylation is 1. The van der Waals surface area contributed by atoms with Crippen molar-refractivity contribution >= 4 is 17.4 Å². The van der Waals surface area contributed by atoms with Crippen LogP contribution in [-0.2, 0) is 11.3 Å². The molecule has 0 saturated heterocycles. The lowest BCUT2D eigenvalue weighted by atomic mass is 10.4. The van der Waals surface area contributed by atoms with E-state index in [1.807, 2.05) is 0 Å². The summed E-state index contributed by atoms with van der Waals surface area (Å²) in [6.07, 6.45) is -2.87. The van der Waals surface area contributed by atoms with E-state index in [9.17, 15) is 23.3 Å². The van der Waals surface area contributed by atoms with Gasteiger partial charge in [0.2, 0.25) is 0 Å². The second-order valence-electron chi connectivity index (χ2n) is 3.34. The molecule has 0 aliphatic carbocycles. The van der Waals surface area contributed by atoms with Crippen molar-refractivity contribution in [1.82, 2.24) is 9.78 Å². The van der Waals surface area contributed by atoms with E-state index < -0.39 is 23.5 Å². The molecule has 0 aliphatic rings. The lowest BCUT2D eigenvalue weighted by molar-refractivity contribution is -0.389. The summed E-state index contributed by atoms with van der Waals surface area (Å²) < 4.78 is 40.7. The van der Waals surface area contributed by atoms with E-state index in [0.717, 1.165) is 0 Å². The molecule has 1 rings (SSSR count). The molecule has 0 atom stereocenters. The van der Waals surface area contributed by atoms with Crippen LogP contribution >= 0.6 is 11.6 Å². The van der Waals surface area contributed by atoms with Crippen LogP contribution in [0.2, 0.25) is 5.02 Å². The first-order chi connectivity index (χ1) is 8.29. The zero-order valence-corrected chi connectivity index (χ0v) is 9.74. The number of nitro groups is 1. The van der Waals surface area contributed by atoms with Gasteiger partial charge < -0.3 is 14.9 Å². The molecule has 102 valence electrons. The van der Waals surface area contributed by atoms with Crippen LogP contribution in [0.1, 0.15) is 6.42 Å². The van der Waals surface area contributed by atoms with Crippen molar-refractivity contribution in [1.29, 1.82) is 0 Å². The Kier molecular flexibility index (Phi) is 4.91. The standard InChI is InChI=1S/C8H9ClF3N3O3/c9-6-4-14(13-7(6)15(16)17)2-1-3-18-5-8(10,11)12/h4H,1-3,5H2. The molecule has 0 N–H and O–H groups in total. The molecule has 1 aromatic heterocycles. The zero-order valence-electron chi connectivity index (χ0n) is 8.98. The van der Waals surface area contributed by atoms with Crippen LogP contribution in [0.15, 0.2) is 6.20 Å². The van der Waals surface area contributed by atoms with E-state index in [-0.39, 0.29) is 24.6 Å². The summed E-state index contributed by atoms with van der Waals surface area (Å²) in [7, 11) is 0. The molecule has 0 unspecified atom stereocenters. The van der Waals surface area contributed by atoms with Crippen molar-refractivity contribution < 1.29 is 22.8 Å². The highest BCUT2D eigenvalue weighted by molar-refractivity contribution is 6.32. The Morgan fingerprint density at radius 3 is 2.72 bits per heavy atom. The van der Waals surface area contributed by atoms with Crippen LogP contribution in [0.5, 0.6) is 0 Å². The average Bonchev–Trinajstić information content (AvgIpc) is 2.57. The molecule has 0 fully saturated rings. The van der Waals surface area contributed by atoms with Crippen molar-refractivity contribution in [3.8, 4) is 0 Å². The Labute approximate surface area is 104 Å². The highest BCUT2D eigenvalue weighted by Crippen LogP contribution is 2.21. The van der Waals surface area contributed by atoms with E-state index in [1.54, 1.807) is 0 Å². The second-order valence-corrected chi connectivity index (χ2v) is 3.75. The monoisotopic (exact) mass is 287 g/mol. The summed E-state index contributed by atoms with van der Waals surface area (Å²) in [5.74, 6) is -0.479. The summed E-state index contributed by atoms with van der Waals surface area (Å²) in [4.78, 5) is 9.68. The average molecular weight is 288 g/mol. The van der Waals surface area contributed by atoms with Crippen LogP contribution < -0.4 is 0 Å². The van der Waals surface area contributed by atoms with Gasteiger partial charge in [-0.15, -0.1) is 0 Å². The molecule has 0 aromatic carbocycles. The summed E-state index contributed by atoms with van der Waals surface area (Å²) in [5.41, 5.74) is 0. The Morgan fingerprint density at radius 2 is 2.22 bits per heavy atom. The number of rotatable bonds is 6. The minimum absolute atomic E-state index is 0.115. The first-order valence-corrected chi connectivity index (χ1v) is 5.19. The van der Waals surface area contributed by atoms with Gasteiger partial charge in [0.05, 0.1) is 17.8 Å². The molecule has 0 bridgehead atoms. The number of hydrogen-bond acceptors (Lipinski definition) is 4. The van der Waals surface area contributed by atoms with E-state index in [0.29, 0.717) is 0 Å². The number of hydrogen-bond donors (Lipinski definition) is 0. The highest BCUT2D eigenvalue weighted by atomic mass is 35.5. The third-order valence-electron chi connectivity index (χ3n) is 1.81. The molecule has 0 radical (unpaired) electrons. The summed E-state index contributed by atoms with van der Waals surface area (Å²) in [5, 5.41) is 13.9. The quantitative estimate of drug-likeness (QED) is 0.458. The van der Waals surface area contributed by atoms with Crippen molar-refractivity contribution in [2.24, 2.45) is 0 Å². The van der Waals surface area contributed by atoms with Crippen LogP contribution in [0.3, 0.4) is 0 Å². The molecule has 0 saturated carbocycles. The van der Waals surface area contributed by atoms with Gasteiger partial charge in [-0.3, -0.25) is 0 Å². The van der Waals surface area contributed by atoms with Crippen LogP contribution in [0.4, 0.5) is 19.0 Å². The van der Waals surface area contributed by atoms with Crippen LogP contribution in [0, 0.1) is 10.1 Å². The SMILES string of the molecule is O=[N+]([O-])c1nn(CCCOCC(F)(F)F)cc1Cl. The maximum Gasteiger partial charge on any atom is 0.411 e. The van der Waals surface area contributed by atoms with Gasteiger partial charge in [-0.2, -0.15) is 17.9 Å². The molecular formula is C8H9ClF3N3O3. The molecule has 6 nitrogen and oxygen atoms in total. The van der Waals surface area contributed by atoms with Gasteiger partial charge in [0.1, 0.15) is 6.61 Å². The third-order valence-corrected chi connectivity index (χ3v) is 2.08. The number of halogens is 4. The fourth-order valence-electron chi connectivity index (χ4n) is 1.14. The molecule has 18 heavy (non-hydrogen) atoms. The topological polar surface area (TPSA) is 70.2 Å². The van der Waals surface area contributed by atoms with Gasteiger partial charge in [0.25, 0.3) is 0 Å². The Morgan fingerprint density at radius 1 is 1.56 bits per heavy atom. The normalized spacial score (nSPS) is 11.8. The predicted octanol–water partition coefficient (Wildman–Crippen LogP) is 2.41. The predicted molar refractivity (Wildman–Crippen MR) is 55.4 cm³/mol. The lowest BCUT2D eigenvalue weighted by Crippen LogP contribution is -2.17. The smallest absolute Gasteiger partial charge is 0.372 e. The van der Waals surface area contributed by atoms with Gasteiger partial charge in [-0.05, 0) is 11.3 Å². The second kappa shape index (κ2) is 6.01. The first-order valence-electron chi connectivity index (χ1n) is 4.81. The molecule has 1 heterocycles. The number of ether oxygens (including phenoxy) is 1. The molecule has 0 amide bonds. The highest BCUT2D eigenvalue weighted by Gasteiger charge is 2.27. The Balaban J connectivity index is 2.32. The summed E-state index contributed by atoms with van der Waals surface area (Å²) in [6, 6.07) is 0. The van der Waals surface area contributed by atoms with E-state index in [2.05, 4.69) is 9.84 Å². The zero-order chi connectivity index (χ0) is 13.8. The third kappa shape index (κ3) is 4.88. The van der Waals surface area contributed by atoms with Gasteiger partial charge in [-0.25, -0.2) is 0 Å². The van der Waals surface area contributed by atoms with Crippen molar-refractivity contribution in [2.45, 2.75) is 19.1 Å². The fourth-order valence-corrected chi connectivity index (χ4v) is 1.36.